The van der Waals surface area contributed by atoms with Crippen LogP contribution >= 0.6 is 0 Å². The van der Waals surface area contributed by atoms with Gasteiger partial charge in [-0.3, -0.25) is 0 Å². The summed E-state index contributed by atoms with van der Waals surface area (Å²) in [5, 5.41) is 0. The smallest absolute Gasteiger partial charge is 0.231 e. The monoisotopic (exact) mass is 438 g/mol. The van der Waals surface area contributed by atoms with Gasteiger partial charge in [-0.2, -0.15) is 0 Å². The topological polar surface area (TPSA) is 62.0 Å². The first-order valence-corrected chi connectivity index (χ1v) is 10.5. The Morgan fingerprint density at radius 3 is 1.69 bits per heavy atom. The van der Waals surface area contributed by atoms with Crippen LogP contribution in [0.3, 0.4) is 0 Å². The molecule has 7 heteroatoms. The fourth-order valence-electron chi connectivity index (χ4n) is 3.04. The summed E-state index contributed by atoms with van der Waals surface area (Å²) in [6.45, 7) is 2.51. The van der Waals surface area contributed by atoms with E-state index in [9.17, 15) is 4.39 Å². The van der Waals surface area contributed by atoms with Crippen molar-refractivity contribution in [2.24, 2.45) is 0 Å². The number of rotatable bonds is 11. The molecular weight excluding hydrogens is 415 g/mol. The van der Waals surface area contributed by atoms with Crippen LogP contribution in [0.25, 0.3) is 11.1 Å². The minimum atomic E-state index is -0.455. The quantitative estimate of drug-likeness (QED) is 0.325. The van der Waals surface area contributed by atoms with Crippen LogP contribution in [0, 0.1) is 5.82 Å². The molecule has 2 aliphatic heterocycles. The van der Waals surface area contributed by atoms with E-state index in [2.05, 4.69) is 0 Å². The summed E-state index contributed by atoms with van der Waals surface area (Å²) in [6, 6.07) is 19.5. The Labute approximate surface area is 185 Å². The maximum Gasteiger partial charge on any atom is 0.231 e. The van der Waals surface area contributed by atoms with Crippen LogP contribution in [0.2, 0.25) is 0 Å². The highest BCUT2D eigenvalue weighted by atomic mass is 19.1. The zero-order valence-electron chi connectivity index (χ0n) is 17.4. The van der Waals surface area contributed by atoms with Gasteiger partial charge in [-0.15, -0.1) is 0 Å². The van der Waals surface area contributed by atoms with E-state index >= 15 is 0 Å². The molecule has 2 atom stereocenters. The van der Waals surface area contributed by atoms with Crippen LogP contribution in [0.5, 0.6) is 23.0 Å². The van der Waals surface area contributed by atoms with Crippen molar-refractivity contribution < 1.29 is 32.8 Å². The van der Waals surface area contributed by atoms with Crippen LogP contribution in [0.15, 0.2) is 66.7 Å². The van der Waals surface area contributed by atoms with Gasteiger partial charge in [0.05, 0.1) is 13.2 Å². The van der Waals surface area contributed by atoms with Gasteiger partial charge in [-0.1, -0.05) is 18.2 Å². The molecule has 6 nitrogen and oxygen atoms in total. The lowest BCUT2D eigenvalue weighted by Crippen LogP contribution is -2.07. The van der Waals surface area contributed by atoms with E-state index in [0.29, 0.717) is 19.0 Å². The number of epoxide rings is 2. The molecule has 0 amide bonds. The first-order valence-electron chi connectivity index (χ1n) is 10.5. The fourth-order valence-corrected chi connectivity index (χ4v) is 3.04. The molecule has 0 saturated carbocycles. The molecule has 166 valence electrons. The van der Waals surface area contributed by atoms with Gasteiger partial charge in [0, 0.05) is 0 Å². The standard InChI is InChI=1S/C25H23FO6/c26-24-11-18(17-1-4-19(5-2-17)27-12-22-14-29-22)3-10-25(24)32-16-31-21-8-6-20(7-9-21)28-13-23-15-30-23/h1-11,22-23H,12-16H2. The van der Waals surface area contributed by atoms with Gasteiger partial charge in [-0.25, -0.2) is 4.39 Å². The summed E-state index contributed by atoms with van der Waals surface area (Å²) in [6.07, 6.45) is 0.419. The second kappa shape index (κ2) is 9.46. The fraction of sp³-hybridized carbons (Fsp3) is 0.280. The summed E-state index contributed by atoms with van der Waals surface area (Å²) in [7, 11) is 0. The third-order valence-electron chi connectivity index (χ3n) is 5.06. The van der Waals surface area contributed by atoms with Crippen molar-refractivity contribution in [3.63, 3.8) is 0 Å². The van der Waals surface area contributed by atoms with Gasteiger partial charge >= 0.3 is 0 Å². The van der Waals surface area contributed by atoms with E-state index in [1.54, 1.807) is 18.2 Å². The number of hydrogen-bond donors (Lipinski definition) is 0. The Kier molecular flexibility index (Phi) is 6.09. The van der Waals surface area contributed by atoms with Crippen LogP contribution in [-0.2, 0) is 9.47 Å². The van der Waals surface area contributed by atoms with Crippen molar-refractivity contribution in [3.8, 4) is 34.1 Å². The molecule has 0 N–H and O–H groups in total. The van der Waals surface area contributed by atoms with E-state index in [0.717, 1.165) is 35.8 Å². The third kappa shape index (κ3) is 5.69. The first kappa shape index (κ1) is 20.6. The molecule has 0 aliphatic carbocycles. The normalized spacial score (nSPS) is 18.7. The molecule has 32 heavy (non-hydrogen) atoms. The summed E-state index contributed by atoms with van der Waals surface area (Å²) < 4.78 is 47.0. The van der Waals surface area contributed by atoms with Crippen LogP contribution in [-0.4, -0.2) is 45.4 Å². The zero-order chi connectivity index (χ0) is 21.8. The van der Waals surface area contributed by atoms with Gasteiger partial charge in [0.2, 0.25) is 6.79 Å². The van der Waals surface area contributed by atoms with Crippen molar-refractivity contribution in [1.82, 2.24) is 0 Å². The highest BCUT2D eigenvalue weighted by Crippen LogP contribution is 2.28. The maximum atomic E-state index is 14.5. The van der Waals surface area contributed by atoms with E-state index in [-0.39, 0.29) is 24.8 Å². The minimum Gasteiger partial charge on any atom is -0.491 e. The minimum absolute atomic E-state index is 0.108. The molecule has 2 aliphatic rings. The van der Waals surface area contributed by atoms with Gasteiger partial charge < -0.3 is 28.4 Å². The lowest BCUT2D eigenvalue weighted by molar-refractivity contribution is 0.115. The van der Waals surface area contributed by atoms with Gasteiger partial charge in [0.15, 0.2) is 11.6 Å². The Bertz CT molecular complexity index is 1030. The van der Waals surface area contributed by atoms with Crippen LogP contribution in [0.4, 0.5) is 4.39 Å². The largest absolute Gasteiger partial charge is 0.491 e. The van der Waals surface area contributed by atoms with Gasteiger partial charge in [0.1, 0.15) is 42.7 Å². The van der Waals surface area contributed by atoms with Gasteiger partial charge in [0.25, 0.3) is 0 Å². The molecule has 0 spiro atoms. The average molecular weight is 438 g/mol. The molecule has 3 aromatic carbocycles. The number of ether oxygens (including phenoxy) is 6. The highest BCUT2D eigenvalue weighted by Gasteiger charge is 2.23. The summed E-state index contributed by atoms with van der Waals surface area (Å²) in [5.41, 5.74) is 1.64. The van der Waals surface area contributed by atoms with Crippen molar-refractivity contribution in [2.45, 2.75) is 12.2 Å². The van der Waals surface area contributed by atoms with Crippen LogP contribution in [0.1, 0.15) is 0 Å². The van der Waals surface area contributed by atoms with Crippen LogP contribution < -0.4 is 18.9 Å². The Morgan fingerprint density at radius 2 is 1.16 bits per heavy atom. The van der Waals surface area contributed by atoms with E-state index < -0.39 is 5.82 Å². The Hall–Kier alpha value is -3.29. The molecule has 0 aromatic heterocycles. The SMILES string of the molecule is Fc1cc(-c2ccc(OCC3CO3)cc2)ccc1OCOc1ccc(OCC2CO2)cc1. The summed E-state index contributed by atoms with van der Waals surface area (Å²) >= 11 is 0. The summed E-state index contributed by atoms with van der Waals surface area (Å²) in [4.78, 5) is 0. The molecule has 2 heterocycles. The highest BCUT2D eigenvalue weighted by molar-refractivity contribution is 5.65. The molecule has 0 bridgehead atoms. The zero-order valence-corrected chi connectivity index (χ0v) is 17.4. The van der Waals surface area contributed by atoms with Crippen molar-refractivity contribution in [3.05, 3.63) is 72.5 Å². The predicted molar refractivity (Wildman–Crippen MR) is 115 cm³/mol. The lowest BCUT2D eigenvalue weighted by atomic mass is 10.1. The van der Waals surface area contributed by atoms with E-state index in [1.165, 1.54) is 6.07 Å². The predicted octanol–water partition coefficient (Wildman–Crippen LogP) is 4.46. The van der Waals surface area contributed by atoms with E-state index in [4.69, 9.17) is 28.4 Å². The molecule has 5 rings (SSSR count). The molecular formula is C25H23FO6. The number of hydrogen-bond acceptors (Lipinski definition) is 6. The Balaban J connectivity index is 1.11. The van der Waals surface area contributed by atoms with Crippen molar-refractivity contribution in [1.29, 1.82) is 0 Å². The molecule has 2 saturated heterocycles. The molecule has 3 aromatic rings. The van der Waals surface area contributed by atoms with Crippen molar-refractivity contribution >= 4 is 0 Å². The summed E-state index contributed by atoms with van der Waals surface area (Å²) in [5.74, 6) is 1.78. The lowest BCUT2D eigenvalue weighted by Gasteiger charge is -2.11. The molecule has 2 fully saturated rings. The van der Waals surface area contributed by atoms with Crippen molar-refractivity contribution in [2.75, 3.05) is 33.2 Å². The number of benzene rings is 3. The van der Waals surface area contributed by atoms with Gasteiger partial charge in [-0.05, 0) is 59.7 Å². The second-order valence-corrected chi connectivity index (χ2v) is 7.58. The second-order valence-electron chi connectivity index (χ2n) is 7.58. The Morgan fingerprint density at radius 1 is 0.656 bits per heavy atom. The number of halogens is 1. The molecule has 0 radical (unpaired) electrons. The third-order valence-corrected chi connectivity index (χ3v) is 5.06. The first-order chi connectivity index (χ1) is 15.7. The maximum absolute atomic E-state index is 14.5. The average Bonchev–Trinajstić information content (AvgIpc) is 3.74. The molecule has 2 unspecified atom stereocenters. The van der Waals surface area contributed by atoms with E-state index in [1.807, 2.05) is 42.5 Å².